The van der Waals surface area contributed by atoms with Gasteiger partial charge in [0.25, 0.3) is 6.54 Å². The second-order valence-electron chi connectivity index (χ2n) is 7.64. The number of aliphatic imine (C=N–C) groups is 1. The number of nitrogens with zero attached hydrogens (tertiary/aromatic N) is 4. The smallest absolute Gasteiger partial charge is 0.259 e. The molecule has 0 atom stereocenters. The standard InChI is InChI=1S/C21H33N5O5S2/c1-24(2)12-17-4-6-19(30-17)15-32-10-8-22-21(14-26(28)29)23-9-11-33-16-20-7-5-18(31-20)13-25(3)27/h4-7,27H,8-16H2,1-3H3,(H,22,23). The van der Waals surface area contributed by atoms with Gasteiger partial charge < -0.3 is 24.3 Å². The first-order valence-electron chi connectivity index (χ1n) is 10.6. The molecule has 0 aliphatic rings. The Balaban J connectivity index is 1.64. The second-order valence-corrected chi connectivity index (χ2v) is 9.85. The highest BCUT2D eigenvalue weighted by molar-refractivity contribution is 7.98. The molecule has 0 saturated heterocycles. The number of hydrogen-bond acceptors (Lipinski definition) is 10. The Bertz CT molecular complexity index is 869. The molecule has 0 saturated carbocycles. The maximum Gasteiger partial charge on any atom is 0.259 e. The van der Waals surface area contributed by atoms with Gasteiger partial charge in [-0.3, -0.25) is 15.1 Å². The number of hydrogen-bond donors (Lipinski definition) is 2. The SMILES string of the molecule is CN(C)Cc1ccc(CSCCN=C(C[N+](=O)[O-])NCCSCc2ccc(CN(C)O)o2)o1. The Morgan fingerprint density at radius 3 is 2.18 bits per heavy atom. The molecule has 2 aromatic heterocycles. The van der Waals surface area contributed by atoms with Crippen molar-refractivity contribution in [2.75, 3.05) is 52.3 Å². The van der Waals surface area contributed by atoms with Crippen molar-refractivity contribution in [2.45, 2.75) is 24.6 Å². The van der Waals surface area contributed by atoms with E-state index in [0.717, 1.165) is 46.1 Å². The first-order chi connectivity index (χ1) is 15.8. The van der Waals surface area contributed by atoms with Crippen LogP contribution >= 0.6 is 23.5 Å². The van der Waals surface area contributed by atoms with E-state index in [9.17, 15) is 15.3 Å². The molecule has 0 radical (unpaired) electrons. The van der Waals surface area contributed by atoms with Gasteiger partial charge in [-0.1, -0.05) is 0 Å². The summed E-state index contributed by atoms with van der Waals surface area (Å²) in [7, 11) is 5.56. The van der Waals surface area contributed by atoms with Crippen LogP contribution in [0, 0.1) is 10.1 Å². The van der Waals surface area contributed by atoms with Gasteiger partial charge in [0.05, 0.1) is 31.1 Å². The molecule has 0 fully saturated rings. The lowest BCUT2D eigenvalue weighted by Crippen LogP contribution is -2.32. The molecule has 2 rings (SSSR count). The quantitative estimate of drug-likeness (QED) is 0.117. The van der Waals surface area contributed by atoms with Crippen LogP contribution in [0.1, 0.15) is 23.0 Å². The molecular weight excluding hydrogens is 466 g/mol. The van der Waals surface area contributed by atoms with Crippen molar-refractivity contribution in [3.63, 3.8) is 0 Å². The minimum Gasteiger partial charge on any atom is -0.464 e. The predicted molar refractivity (Wildman–Crippen MR) is 133 cm³/mol. The highest BCUT2D eigenvalue weighted by Crippen LogP contribution is 2.17. The zero-order valence-electron chi connectivity index (χ0n) is 19.4. The third-order valence-electron chi connectivity index (χ3n) is 4.17. The molecule has 10 nitrogen and oxygen atoms in total. The van der Waals surface area contributed by atoms with Crippen molar-refractivity contribution in [1.82, 2.24) is 15.3 Å². The van der Waals surface area contributed by atoms with Crippen LogP contribution in [-0.2, 0) is 24.6 Å². The monoisotopic (exact) mass is 499 g/mol. The van der Waals surface area contributed by atoms with E-state index in [4.69, 9.17) is 8.83 Å². The van der Waals surface area contributed by atoms with Crippen LogP contribution in [0.2, 0.25) is 0 Å². The average Bonchev–Trinajstić information content (AvgIpc) is 3.35. The highest BCUT2D eigenvalue weighted by atomic mass is 32.2. The van der Waals surface area contributed by atoms with E-state index >= 15 is 0 Å². The van der Waals surface area contributed by atoms with Crippen molar-refractivity contribution < 1.29 is 19.0 Å². The molecule has 12 heteroatoms. The first kappa shape index (κ1) is 27.3. The maximum atomic E-state index is 10.9. The predicted octanol–water partition coefficient (Wildman–Crippen LogP) is 3.19. The van der Waals surface area contributed by atoms with Gasteiger partial charge in [-0.25, -0.2) is 0 Å². The third-order valence-corrected chi connectivity index (χ3v) is 6.11. The molecule has 0 unspecified atom stereocenters. The van der Waals surface area contributed by atoms with Gasteiger partial charge in [0.1, 0.15) is 23.0 Å². The van der Waals surface area contributed by atoms with E-state index in [1.54, 1.807) is 30.6 Å². The van der Waals surface area contributed by atoms with Crippen molar-refractivity contribution in [3.8, 4) is 0 Å². The Morgan fingerprint density at radius 2 is 1.61 bits per heavy atom. The van der Waals surface area contributed by atoms with Gasteiger partial charge in [-0.05, 0) is 38.4 Å². The zero-order valence-corrected chi connectivity index (χ0v) is 21.0. The fraction of sp³-hybridized carbons (Fsp3) is 0.571. The topological polar surface area (TPSA) is 121 Å². The van der Waals surface area contributed by atoms with Gasteiger partial charge in [0.2, 0.25) is 0 Å². The van der Waals surface area contributed by atoms with Gasteiger partial charge in [0, 0.05) is 30.0 Å². The van der Waals surface area contributed by atoms with Crippen LogP contribution < -0.4 is 5.32 Å². The molecule has 184 valence electrons. The van der Waals surface area contributed by atoms with Crippen LogP contribution in [0.25, 0.3) is 0 Å². The normalized spacial score (nSPS) is 12.1. The molecule has 0 aromatic carbocycles. The number of thioether (sulfide) groups is 2. The van der Waals surface area contributed by atoms with Gasteiger partial charge in [-0.15, -0.1) is 0 Å². The Kier molecular flexibility index (Phi) is 12.4. The minimum absolute atomic E-state index is 0.308. The maximum absolute atomic E-state index is 10.9. The molecule has 2 aromatic rings. The average molecular weight is 500 g/mol. The summed E-state index contributed by atoms with van der Waals surface area (Å²) in [6.45, 7) is 1.89. The summed E-state index contributed by atoms with van der Waals surface area (Å²) in [4.78, 5) is 17.0. The Morgan fingerprint density at radius 1 is 1.03 bits per heavy atom. The van der Waals surface area contributed by atoms with E-state index in [2.05, 4.69) is 15.2 Å². The number of nitrogens with one attached hydrogen (secondary N) is 1. The third kappa shape index (κ3) is 12.2. The molecule has 0 aliphatic carbocycles. The summed E-state index contributed by atoms with van der Waals surface area (Å²) in [5, 5.41) is 24.3. The summed E-state index contributed by atoms with van der Waals surface area (Å²) in [6, 6.07) is 7.71. The number of furan rings is 2. The summed E-state index contributed by atoms with van der Waals surface area (Å²) in [5.74, 6) is 6.76. The van der Waals surface area contributed by atoms with E-state index in [1.165, 1.54) is 0 Å². The van der Waals surface area contributed by atoms with E-state index < -0.39 is 0 Å². The zero-order chi connectivity index (χ0) is 24.1. The van der Waals surface area contributed by atoms with E-state index in [0.29, 0.717) is 37.0 Å². The van der Waals surface area contributed by atoms with Crippen LogP contribution in [0.5, 0.6) is 0 Å². The summed E-state index contributed by atoms with van der Waals surface area (Å²) < 4.78 is 11.4. The molecular formula is C21H33N5O5S2. The fourth-order valence-corrected chi connectivity index (χ4v) is 4.32. The lowest BCUT2D eigenvalue weighted by Gasteiger charge is -2.07. The second kappa shape index (κ2) is 15.0. The van der Waals surface area contributed by atoms with Crippen LogP contribution in [0.15, 0.2) is 38.1 Å². The van der Waals surface area contributed by atoms with Crippen molar-refractivity contribution in [2.24, 2.45) is 4.99 Å². The van der Waals surface area contributed by atoms with Crippen molar-refractivity contribution in [3.05, 3.63) is 57.4 Å². The number of rotatable bonds is 16. The summed E-state index contributed by atoms with van der Waals surface area (Å²) in [6.07, 6.45) is 0. The van der Waals surface area contributed by atoms with E-state index in [1.807, 2.05) is 38.4 Å². The summed E-state index contributed by atoms with van der Waals surface area (Å²) in [5.41, 5.74) is 0. The van der Waals surface area contributed by atoms with E-state index in [-0.39, 0.29) is 11.5 Å². The van der Waals surface area contributed by atoms with Gasteiger partial charge >= 0.3 is 0 Å². The van der Waals surface area contributed by atoms with Crippen molar-refractivity contribution in [1.29, 1.82) is 0 Å². The van der Waals surface area contributed by atoms with Crippen molar-refractivity contribution >= 4 is 29.4 Å². The first-order valence-corrected chi connectivity index (χ1v) is 12.9. The lowest BCUT2D eigenvalue weighted by atomic mass is 10.4. The molecule has 2 N–H and O–H groups in total. The molecule has 33 heavy (non-hydrogen) atoms. The largest absolute Gasteiger partial charge is 0.464 e. The molecule has 0 aliphatic heterocycles. The number of nitro groups is 1. The Hall–Kier alpha value is -1.99. The number of amidine groups is 1. The lowest BCUT2D eigenvalue weighted by molar-refractivity contribution is -0.463. The molecule has 0 amide bonds. The minimum atomic E-state index is -0.371. The molecule has 2 heterocycles. The highest BCUT2D eigenvalue weighted by Gasteiger charge is 2.08. The van der Waals surface area contributed by atoms with Crippen LogP contribution in [0.4, 0.5) is 0 Å². The van der Waals surface area contributed by atoms with Gasteiger partial charge in [-0.2, -0.15) is 28.6 Å². The molecule has 0 spiro atoms. The van der Waals surface area contributed by atoms with Gasteiger partial charge in [0.15, 0.2) is 5.84 Å². The van der Waals surface area contributed by atoms with Crippen LogP contribution in [-0.4, -0.2) is 78.2 Å². The number of hydroxylamine groups is 2. The fourth-order valence-electron chi connectivity index (χ4n) is 2.85. The Labute approximate surface area is 202 Å². The molecule has 0 bridgehead atoms. The summed E-state index contributed by atoms with van der Waals surface area (Å²) >= 11 is 3.35. The van der Waals surface area contributed by atoms with Crippen LogP contribution in [0.3, 0.4) is 0 Å².